The van der Waals surface area contributed by atoms with Crippen LogP contribution in [0.15, 0.2) is 12.1 Å². The quantitative estimate of drug-likeness (QED) is 0.871. The lowest BCUT2D eigenvalue weighted by atomic mass is 9.93. The highest BCUT2D eigenvalue weighted by Crippen LogP contribution is 2.22. The van der Waals surface area contributed by atoms with E-state index in [9.17, 15) is 0 Å². The third kappa shape index (κ3) is 3.30. The molecule has 0 amide bonds. The molecule has 1 aromatic rings. The van der Waals surface area contributed by atoms with Gasteiger partial charge in [-0.2, -0.15) is 0 Å². The monoisotopic (exact) mass is 239 g/mol. The van der Waals surface area contributed by atoms with Gasteiger partial charge in [-0.15, -0.1) is 11.3 Å². The number of ether oxygens (including phenoxy) is 1. The Hall–Kier alpha value is -0.380. The zero-order chi connectivity index (χ0) is 11.4. The van der Waals surface area contributed by atoms with E-state index in [-0.39, 0.29) is 0 Å². The summed E-state index contributed by atoms with van der Waals surface area (Å²) in [5.74, 6) is 0. The van der Waals surface area contributed by atoms with Crippen LogP contribution in [0.25, 0.3) is 0 Å². The third-order valence-electron chi connectivity index (χ3n) is 3.32. The van der Waals surface area contributed by atoms with Gasteiger partial charge >= 0.3 is 0 Å². The summed E-state index contributed by atoms with van der Waals surface area (Å²) in [7, 11) is 1.83. The first kappa shape index (κ1) is 12.1. The standard InChI is InChI=1S/C13H21NOS/c1-10-6-7-13(16-10)9-14-11-4-3-5-12(8-11)15-2/h6-7,11-12,14H,3-5,8-9H2,1-2H3. The van der Waals surface area contributed by atoms with Gasteiger partial charge in [-0.25, -0.2) is 0 Å². The molecule has 2 nitrogen and oxygen atoms in total. The van der Waals surface area contributed by atoms with Crippen molar-refractivity contribution in [1.82, 2.24) is 5.32 Å². The average Bonchev–Trinajstić information content (AvgIpc) is 2.73. The van der Waals surface area contributed by atoms with Crippen molar-refractivity contribution in [2.75, 3.05) is 7.11 Å². The number of hydrogen-bond donors (Lipinski definition) is 1. The first-order chi connectivity index (χ1) is 7.78. The second kappa shape index (κ2) is 5.80. The summed E-state index contributed by atoms with van der Waals surface area (Å²) < 4.78 is 5.44. The van der Waals surface area contributed by atoms with Crippen molar-refractivity contribution in [3.63, 3.8) is 0 Å². The summed E-state index contributed by atoms with van der Waals surface area (Å²) >= 11 is 1.89. The van der Waals surface area contributed by atoms with Crippen molar-refractivity contribution < 1.29 is 4.74 Å². The Morgan fingerprint density at radius 1 is 1.44 bits per heavy atom. The Kier molecular flexibility index (Phi) is 4.38. The molecule has 1 aliphatic rings. The minimum atomic E-state index is 0.469. The molecule has 2 unspecified atom stereocenters. The van der Waals surface area contributed by atoms with Crippen LogP contribution in [0.2, 0.25) is 0 Å². The fourth-order valence-corrected chi connectivity index (χ4v) is 3.21. The third-order valence-corrected chi connectivity index (χ3v) is 4.32. The lowest BCUT2D eigenvalue weighted by Crippen LogP contribution is -2.36. The molecular formula is C13H21NOS. The molecule has 3 heteroatoms. The first-order valence-electron chi connectivity index (χ1n) is 6.09. The van der Waals surface area contributed by atoms with Crippen LogP contribution >= 0.6 is 11.3 Å². The molecule has 16 heavy (non-hydrogen) atoms. The predicted octanol–water partition coefficient (Wildman–Crippen LogP) is 3.10. The molecule has 90 valence electrons. The molecule has 0 aromatic carbocycles. The number of thiophene rings is 1. The molecule has 1 N–H and O–H groups in total. The van der Waals surface area contributed by atoms with Gasteiger partial charge in [0.1, 0.15) is 0 Å². The largest absolute Gasteiger partial charge is 0.381 e. The van der Waals surface area contributed by atoms with Crippen molar-refractivity contribution >= 4 is 11.3 Å². The molecule has 2 atom stereocenters. The Morgan fingerprint density at radius 2 is 2.31 bits per heavy atom. The van der Waals surface area contributed by atoms with Crippen LogP contribution in [-0.2, 0) is 11.3 Å². The summed E-state index contributed by atoms with van der Waals surface area (Å²) in [5, 5.41) is 3.65. The molecular weight excluding hydrogens is 218 g/mol. The van der Waals surface area contributed by atoms with Crippen LogP contribution in [0.3, 0.4) is 0 Å². The van der Waals surface area contributed by atoms with Gasteiger partial charge in [-0.1, -0.05) is 0 Å². The molecule has 1 aromatic heterocycles. The van der Waals surface area contributed by atoms with E-state index in [4.69, 9.17) is 4.74 Å². The second-order valence-corrected chi connectivity index (χ2v) is 5.99. The van der Waals surface area contributed by atoms with E-state index in [1.165, 1.54) is 35.4 Å². The van der Waals surface area contributed by atoms with E-state index in [0.29, 0.717) is 12.1 Å². The van der Waals surface area contributed by atoms with Gasteiger partial charge in [0.2, 0.25) is 0 Å². The number of methoxy groups -OCH3 is 1. The highest BCUT2D eigenvalue weighted by molar-refractivity contribution is 7.11. The maximum absolute atomic E-state index is 5.44. The Morgan fingerprint density at radius 3 is 3.00 bits per heavy atom. The van der Waals surface area contributed by atoms with Gasteiger partial charge in [0.05, 0.1) is 6.10 Å². The van der Waals surface area contributed by atoms with Crippen molar-refractivity contribution in [3.8, 4) is 0 Å². The van der Waals surface area contributed by atoms with Crippen LogP contribution in [0.4, 0.5) is 0 Å². The van der Waals surface area contributed by atoms with E-state index in [1.54, 1.807) is 0 Å². The smallest absolute Gasteiger partial charge is 0.0586 e. The minimum absolute atomic E-state index is 0.469. The number of rotatable bonds is 4. The minimum Gasteiger partial charge on any atom is -0.381 e. The van der Waals surface area contributed by atoms with E-state index in [0.717, 1.165) is 6.54 Å². The molecule has 1 saturated carbocycles. The van der Waals surface area contributed by atoms with Crippen LogP contribution in [0.1, 0.15) is 35.4 Å². The van der Waals surface area contributed by atoms with Crippen LogP contribution in [0.5, 0.6) is 0 Å². The van der Waals surface area contributed by atoms with E-state index in [1.807, 2.05) is 18.4 Å². The molecule has 0 spiro atoms. The molecule has 1 heterocycles. The molecule has 0 saturated heterocycles. The highest BCUT2D eigenvalue weighted by Gasteiger charge is 2.20. The zero-order valence-corrected chi connectivity index (χ0v) is 11.0. The van der Waals surface area contributed by atoms with Gasteiger partial charge in [0, 0.05) is 29.5 Å². The lowest BCUT2D eigenvalue weighted by molar-refractivity contribution is 0.0586. The lowest BCUT2D eigenvalue weighted by Gasteiger charge is -2.28. The van der Waals surface area contributed by atoms with Crippen molar-refractivity contribution in [1.29, 1.82) is 0 Å². The van der Waals surface area contributed by atoms with Crippen molar-refractivity contribution in [3.05, 3.63) is 21.9 Å². The normalized spacial score (nSPS) is 25.9. The maximum Gasteiger partial charge on any atom is 0.0586 e. The summed E-state index contributed by atoms with van der Waals surface area (Å²) in [6, 6.07) is 5.06. The second-order valence-electron chi connectivity index (χ2n) is 4.61. The van der Waals surface area contributed by atoms with Gasteiger partial charge in [0.15, 0.2) is 0 Å². The zero-order valence-electron chi connectivity index (χ0n) is 10.2. The molecule has 1 fully saturated rings. The molecule has 0 radical (unpaired) electrons. The predicted molar refractivity (Wildman–Crippen MR) is 68.9 cm³/mol. The van der Waals surface area contributed by atoms with Crippen molar-refractivity contribution in [2.45, 2.75) is 51.3 Å². The highest BCUT2D eigenvalue weighted by atomic mass is 32.1. The molecule has 0 bridgehead atoms. The Balaban J connectivity index is 1.77. The van der Waals surface area contributed by atoms with Gasteiger partial charge in [-0.3, -0.25) is 0 Å². The van der Waals surface area contributed by atoms with Gasteiger partial charge < -0.3 is 10.1 Å². The summed E-state index contributed by atoms with van der Waals surface area (Å²) in [4.78, 5) is 2.84. The van der Waals surface area contributed by atoms with Crippen LogP contribution in [0, 0.1) is 6.92 Å². The molecule has 2 rings (SSSR count). The van der Waals surface area contributed by atoms with Gasteiger partial charge in [-0.05, 0) is 44.7 Å². The fourth-order valence-electron chi connectivity index (χ4n) is 2.37. The van der Waals surface area contributed by atoms with E-state index < -0.39 is 0 Å². The van der Waals surface area contributed by atoms with Crippen LogP contribution in [-0.4, -0.2) is 19.3 Å². The topological polar surface area (TPSA) is 21.3 Å². The van der Waals surface area contributed by atoms with Crippen molar-refractivity contribution in [2.24, 2.45) is 0 Å². The maximum atomic E-state index is 5.44. The van der Waals surface area contributed by atoms with Gasteiger partial charge in [0.25, 0.3) is 0 Å². The van der Waals surface area contributed by atoms with Crippen LogP contribution < -0.4 is 5.32 Å². The SMILES string of the molecule is COC1CCCC(NCc2ccc(C)s2)C1. The molecule has 1 aliphatic carbocycles. The van der Waals surface area contributed by atoms with E-state index in [2.05, 4.69) is 24.4 Å². The Labute approximate surface area is 102 Å². The molecule has 0 aliphatic heterocycles. The Bertz CT molecular complexity index is 323. The number of nitrogens with one attached hydrogen (secondary N) is 1. The summed E-state index contributed by atoms with van der Waals surface area (Å²) in [6.45, 7) is 3.18. The summed E-state index contributed by atoms with van der Waals surface area (Å²) in [5.41, 5.74) is 0. The number of aryl methyl sites for hydroxylation is 1. The average molecular weight is 239 g/mol. The number of hydrogen-bond acceptors (Lipinski definition) is 3. The summed E-state index contributed by atoms with van der Waals surface area (Å²) in [6.07, 6.45) is 5.45. The fraction of sp³-hybridized carbons (Fsp3) is 0.692. The first-order valence-corrected chi connectivity index (χ1v) is 6.91. The van der Waals surface area contributed by atoms with E-state index >= 15 is 0 Å².